The van der Waals surface area contributed by atoms with Gasteiger partial charge in [-0.1, -0.05) is 51.9 Å². The molecular formula is C16H29N3O2. The summed E-state index contributed by atoms with van der Waals surface area (Å²) >= 11 is 0. The highest BCUT2D eigenvalue weighted by atomic mass is 16.2. The smallest absolute Gasteiger partial charge is 0.312 e. The van der Waals surface area contributed by atoms with E-state index in [9.17, 15) is 9.59 Å². The molecular weight excluding hydrogens is 266 g/mol. The van der Waals surface area contributed by atoms with Crippen molar-refractivity contribution in [3.63, 3.8) is 0 Å². The SMILES string of the molecule is [CH2]CCCCCCCCC1(C(=O)[N]CCNC(N)=O)CC1. The van der Waals surface area contributed by atoms with E-state index in [1.807, 2.05) is 0 Å². The van der Waals surface area contributed by atoms with Crippen molar-refractivity contribution in [2.75, 3.05) is 13.1 Å². The highest BCUT2D eigenvalue weighted by molar-refractivity contribution is 5.85. The molecule has 1 fully saturated rings. The van der Waals surface area contributed by atoms with E-state index in [2.05, 4.69) is 17.6 Å². The zero-order valence-electron chi connectivity index (χ0n) is 13.0. The Bertz CT molecular complexity index is 327. The lowest BCUT2D eigenvalue weighted by atomic mass is 9.96. The fourth-order valence-electron chi connectivity index (χ4n) is 2.57. The molecule has 0 saturated heterocycles. The first-order valence-electron chi connectivity index (χ1n) is 8.15. The highest BCUT2D eigenvalue weighted by Crippen LogP contribution is 2.50. The van der Waals surface area contributed by atoms with Gasteiger partial charge in [-0.25, -0.2) is 10.1 Å². The Morgan fingerprint density at radius 2 is 1.71 bits per heavy atom. The number of carbonyl (C=O) groups excluding carboxylic acids is 2. The van der Waals surface area contributed by atoms with Crippen LogP contribution in [0.4, 0.5) is 4.79 Å². The maximum Gasteiger partial charge on any atom is 0.312 e. The molecule has 0 unspecified atom stereocenters. The van der Waals surface area contributed by atoms with E-state index in [0.717, 1.165) is 32.1 Å². The third kappa shape index (κ3) is 7.34. The number of nitrogens with two attached hydrogens (primary N) is 1. The molecule has 2 radical (unpaired) electrons. The van der Waals surface area contributed by atoms with Crippen molar-refractivity contribution in [2.45, 2.75) is 64.2 Å². The Kier molecular flexibility index (Phi) is 8.16. The third-order valence-electron chi connectivity index (χ3n) is 4.13. The monoisotopic (exact) mass is 295 g/mol. The van der Waals surface area contributed by atoms with E-state index in [0.29, 0.717) is 13.1 Å². The predicted octanol–water partition coefficient (Wildman–Crippen LogP) is 2.52. The molecule has 0 heterocycles. The predicted molar refractivity (Wildman–Crippen MR) is 83.6 cm³/mol. The number of hydrogen-bond donors (Lipinski definition) is 2. The number of unbranched alkanes of at least 4 members (excludes halogenated alkanes) is 6. The van der Waals surface area contributed by atoms with Gasteiger partial charge in [-0.05, 0) is 19.3 Å². The quantitative estimate of drug-likeness (QED) is 0.542. The fraction of sp³-hybridized carbons (Fsp3) is 0.812. The van der Waals surface area contributed by atoms with Crippen LogP contribution in [0.25, 0.3) is 0 Å². The molecule has 0 aromatic heterocycles. The van der Waals surface area contributed by atoms with Gasteiger partial charge in [0.05, 0.1) is 12.0 Å². The summed E-state index contributed by atoms with van der Waals surface area (Å²) in [6.45, 7) is 4.51. The molecule has 21 heavy (non-hydrogen) atoms. The van der Waals surface area contributed by atoms with E-state index >= 15 is 0 Å². The Morgan fingerprint density at radius 3 is 2.29 bits per heavy atom. The summed E-state index contributed by atoms with van der Waals surface area (Å²) in [7, 11) is 0. The van der Waals surface area contributed by atoms with Crippen molar-refractivity contribution in [1.82, 2.24) is 10.6 Å². The second kappa shape index (κ2) is 9.64. The van der Waals surface area contributed by atoms with Crippen molar-refractivity contribution >= 4 is 11.9 Å². The van der Waals surface area contributed by atoms with Gasteiger partial charge in [-0.3, -0.25) is 4.79 Å². The molecule has 5 nitrogen and oxygen atoms in total. The van der Waals surface area contributed by atoms with E-state index in [1.165, 1.54) is 32.1 Å². The van der Waals surface area contributed by atoms with Crippen LogP contribution in [0.2, 0.25) is 0 Å². The van der Waals surface area contributed by atoms with Crippen LogP contribution in [0, 0.1) is 12.3 Å². The zero-order chi connectivity index (χ0) is 15.6. The Balaban J connectivity index is 2.04. The van der Waals surface area contributed by atoms with Crippen molar-refractivity contribution in [2.24, 2.45) is 11.1 Å². The van der Waals surface area contributed by atoms with Gasteiger partial charge in [-0.2, -0.15) is 0 Å². The Labute approximate surface area is 128 Å². The molecule has 0 atom stereocenters. The largest absolute Gasteiger partial charge is 0.352 e. The molecule has 1 rings (SSSR count). The van der Waals surface area contributed by atoms with Crippen LogP contribution in [0.1, 0.15) is 64.2 Å². The number of primary amides is 1. The van der Waals surface area contributed by atoms with Gasteiger partial charge >= 0.3 is 6.03 Å². The van der Waals surface area contributed by atoms with Crippen molar-refractivity contribution in [1.29, 1.82) is 0 Å². The van der Waals surface area contributed by atoms with Crippen LogP contribution in [-0.4, -0.2) is 25.0 Å². The molecule has 3 N–H and O–H groups in total. The Morgan fingerprint density at radius 1 is 1.10 bits per heavy atom. The van der Waals surface area contributed by atoms with E-state index < -0.39 is 6.03 Å². The topological polar surface area (TPSA) is 86.3 Å². The minimum Gasteiger partial charge on any atom is -0.352 e. The summed E-state index contributed by atoms with van der Waals surface area (Å²) in [6, 6.07) is -0.572. The summed E-state index contributed by atoms with van der Waals surface area (Å²) in [5.74, 6) is 0.0193. The van der Waals surface area contributed by atoms with Gasteiger partial charge in [0, 0.05) is 6.54 Å². The molecule has 0 bridgehead atoms. The van der Waals surface area contributed by atoms with Gasteiger partial charge in [-0.15, -0.1) is 0 Å². The minimum atomic E-state index is -0.572. The van der Waals surface area contributed by atoms with Gasteiger partial charge in [0.2, 0.25) is 5.91 Å². The van der Waals surface area contributed by atoms with Crippen LogP contribution >= 0.6 is 0 Å². The molecule has 5 heteroatoms. The van der Waals surface area contributed by atoms with Gasteiger partial charge in [0.25, 0.3) is 0 Å². The molecule has 0 aromatic carbocycles. The Hall–Kier alpha value is -1.26. The van der Waals surface area contributed by atoms with Crippen molar-refractivity contribution in [3.05, 3.63) is 6.92 Å². The lowest BCUT2D eigenvalue weighted by Crippen LogP contribution is -2.36. The average molecular weight is 295 g/mol. The first-order valence-corrected chi connectivity index (χ1v) is 8.15. The fourth-order valence-corrected chi connectivity index (χ4v) is 2.57. The molecule has 0 aliphatic heterocycles. The average Bonchev–Trinajstić information content (AvgIpc) is 3.23. The van der Waals surface area contributed by atoms with Crippen LogP contribution in [0.3, 0.4) is 0 Å². The first kappa shape index (κ1) is 17.8. The second-order valence-electron chi connectivity index (χ2n) is 5.98. The van der Waals surface area contributed by atoms with Crippen LogP contribution in [0.5, 0.6) is 0 Å². The lowest BCUT2D eigenvalue weighted by Gasteiger charge is -2.13. The first-order chi connectivity index (χ1) is 10.1. The summed E-state index contributed by atoms with van der Waals surface area (Å²) in [4.78, 5) is 22.6. The number of nitrogens with one attached hydrogen (secondary N) is 1. The summed E-state index contributed by atoms with van der Waals surface area (Å²) in [6.07, 6.45) is 11.3. The molecule has 3 amide bonds. The minimum absolute atomic E-state index is 0.0193. The maximum atomic E-state index is 12.1. The number of urea groups is 1. The van der Waals surface area contributed by atoms with Gasteiger partial charge in [0.1, 0.15) is 0 Å². The molecule has 1 aliphatic rings. The number of carbonyl (C=O) groups is 2. The molecule has 1 aliphatic carbocycles. The van der Waals surface area contributed by atoms with Gasteiger partial charge in [0.15, 0.2) is 0 Å². The number of amides is 3. The number of nitrogens with zero attached hydrogens (tertiary/aromatic N) is 1. The zero-order valence-corrected chi connectivity index (χ0v) is 13.0. The van der Waals surface area contributed by atoms with E-state index in [4.69, 9.17) is 5.73 Å². The summed E-state index contributed by atoms with van der Waals surface area (Å²) in [5, 5.41) is 6.49. The van der Waals surface area contributed by atoms with E-state index in [1.54, 1.807) is 0 Å². The highest BCUT2D eigenvalue weighted by Gasteiger charge is 2.49. The summed E-state index contributed by atoms with van der Waals surface area (Å²) in [5.41, 5.74) is 4.79. The van der Waals surface area contributed by atoms with Crippen molar-refractivity contribution < 1.29 is 9.59 Å². The maximum absolute atomic E-state index is 12.1. The standard InChI is InChI=1S/C16H29N3O2/c1-2-3-4-5-6-7-8-9-16(10-11-16)14(20)18-12-13-19-15(17)21/h1-13H2,(H3,17,19,21). The van der Waals surface area contributed by atoms with Gasteiger partial charge < -0.3 is 11.1 Å². The van der Waals surface area contributed by atoms with Crippen LogP contribution < -0.4 is 16.4 Å². The number of hydrogen-bond acceptors (Lipinski definition) is 2. The van der Waals surface area contributed by atoms with Crippen LogP contribution in [0.15, 0.2) is 0 Å². The second-order valence-corrected chi connectivity index (χ2v) is 5.98. The summed E-state index contributed by atoms with van der Waals surface area (Å²) < 4.78 is 0. The molecule has 1 saturated carbocycles. The molecule has 120 valence electrons. The number of rotatable bonds is 12. The molecule has 0 aromatic rings. The van der Waals surface area contributed by atoms with Crippen molar-refractivity contribution in [3.8, 4) is 0 Å². The van der Waals surface area contributed by atoms with Crippen LogP contribution in [-0.2, 0) is 4.79 Å². The molecule has 0 spiro atoms. The van der Waals surface area contributed by atoms with E-state index in [-0.39, 0.29) is 11.3 Å². The normalized spacial score (nSPS) is 15.5. The third-order valence-corrected chi connectivity index (χ3v) is 4.13. The lowest BCUT2D eigenvalue weighted by molar-refractivity contribution is -0.126.